The summed E-state index contributed by atoms with van der Waals surface area (Å²) in [4.78, 5) is 8.93. The van der Waals surface area contributed by atoms with Gasteiger partial charge in [-0.1, -0.05) is 47.5 Å². The zero-order valence-corrected chi connectivity index (χ0v) is 22.0. The van der Waals surface area contributed by atoms with E-state index in [4.69, 9.17) is 23.2 Å². The van der Waals surface area contributed by atoms with Crippen molar-refractivity contribution < 1.29 is 25.6 Å². The maximum Gasteiger partial charge on any atom is 0.364 e. The smallest absolute Gasteiger partial charge is 0.364 e. The van der Waals surface area contributed by atoms with Crippen LogP contribution in [0.2, 0.25) is 10.0 Å². The topological polar surface area (TPSA) is 50.3 Å². The Hall–Kier alpha value is -3.61. The molecule has 2 heterocycles. The number of nitrogens with zero attached hydrogens (tertiary/aromatic N) is 2. The summed E-state index contributed by atoms with van der Waals surface area (Å²) in [6.45, 7) is 0. The number of hydrogen-bond donors (Lipinski definition) is 0. The summed E-state index contributed by atoms with van der Waals surface area (Å²) in [6.07, 6.45) is 0. The first kappa shape index (κ1) is 26.4. The first-order chi connectivity index (χ1) is 17.6. The molecule has 6 rings (SSSR count). The molecule has 0 bridgehead atoms. The third-order valence-corrected chi connectivity index (χ3v) is 5.81. The monoisotopic (exact) mass is 571 g/mol. The van der Waals surface area contributed by atoms with Crippen LogP contribution in [0.1, 0.15) is 0 Å². The van der Waals surface area contributed by atoms with E-state index in [9.17, 15) is 0 Å². The summed E-state index contributed by atoms with van der Waals surface area (Å²) < 4.78 is 8.99. The average Bonchev–Trinajstić information content (AvgIpc) is 2.92. The van der Waals surface area contributed by atoms with Crippen molar-refractivity contribution in [2.24, 2.45) is 9.98 Å². The summed E-state index contributed by atoms with van der Waals surface area (Å²) >= 11 is 11.7. The van der Waals surface area contributed by atoms with Gasteiger partial charge in [0.2, 0.25) is 0 Å². The van der Waals surface area contributed by atoms with E-state index in [-0.39, 0.29) is 16.8 Å². The molecule has 0 aliphatic heterocycles. The standard InChI is InChI=1S/2C15H10ClNO.Co/c2*16-12-6-8-13(9-7-12)17-15-10-5-11-3-1-2-4-14(11)18-15;/h2*1-10H;/p+2. The van der Waals surface area contributed by atoms with Crippen LogP contribution >= 0.6 is 23.2 Å². The van der Waals surface area contributed by atoms with Gasteiger partial charge in [0, 0.05) is 39.0 Å². The van der Waals surface area contributed by atoms with E-state index in [0.29, 0.717) is 21.2 Å². The Morgan fingerprint density at radius 2 is 0.811 bits per heavy atom. The SMILES string of the molecule is Clc1ccc(N=c2ccc3ccccc3[oH+]2)cc1.Clc1ccc(N=c2ccc3ccccc3[oH+]2)cc1.[Co]. The summed E-state index contributed by atoms with van der Waals surface area (Å²) in [5, 5.41) is 3.65. The van der Waals surface area contributed by atoms with Crippen LogP contribution in [0.4, 0.5) is 11.4 Å². The van der Waals surface area contributed by atoms with Crippen LogP contribution in [0.25, 0.3) is 21.9 Å². The van der Waals surface area contributed by atoms with Crippen molar-refractivity contribution in [2.75, 3.05) is 0 Å². The molecule has 1 radical (unpaired) electrons. The Kier molecular flexibility index (Phi) is 8.98. The van der Waals surface area contributed by atoms with Gasteiger partial charge < -0.3 is 8.83 Å². The third-order valence-electron chi connectivity index (χ3n) is 5.31. The first-order valence-corrected chi connectivity index (χ1v) is 12.0. The largest absolute Gasteiger partial charge is 0.531 e. The van der Waals surface area contributed by atoms with Crippen LogP contribution in [0.3, 0.4) is 0 Å². The number of para-hydroxylation sites is 2. The van der Waals surface area contributed by atoms with Crippen LogP contribution in [-0.4, -0.2) is 0 Å². The Morgan fingerprint density at radius 3 is 1.22 bits per heavy atom. The van der Waals surface area contributed by atoms with Gasteiger partial charge in [-0.05, 0) is 72.8 Å². The Labute approximate surface area is 233 Å². The Balaban J connectivity index is 0.000000168. The summed E-state index contributed by atoms with van der Waals surface area (Å²) in [5.41, 5.74) is 5.01. The number of benzene rings is 4. The fourth-order valence-electron chi connectivity index (χ4n) is 3.53. The van der Waals surface area contributed by atoms with Gasteiger partial charge in [-0.3, -0.25) is 0 Å². The fourth-order valence-corrected chi connectivity index (χ4v) is 3.78. The quantitative estimate of drug-likeness (QED) is 0.186. The maximum atomic E-state index is 5.84. The second-order valence-corrected chi connectivity index (χ2v) is 8.77. The fraction of sp³-hybridized carbons (Fsp3) is 0. The minimum Gasteiger partial charge on any atom is -0.531 e. The van der Waals surface area contributed by atoms with Gasteiger partial charge in [0.25, 0.3) is 11.2 Å². The molecule has 185 valence electrons. The van der Waals surface area contributed by atoms with E-state index in [0.717, 1.165) is 33.3 Å². The molecule has 0 atom stereocenters. The molecule has 0 saturated carbocycles. The van der Waals surface area contributed by atoms with E-state index in [1.807, 2.05) is 121 Å². The first-order valence-electron chi connectivity index (χ1n) is 11.3. The van der Waals surface area contributed by atoms with E-state index >= 15 is 0 Å². The van der Waals surface area contributed by atoms with Crippen molar-refractivity contribution in [3.05, 3.63) is 142 Å². The van der Waals surface area contributed by atoms with E-state index in [1.165, 1.54) is 0 Å². The van der Waals surface area contributed by atoms with Gasteiger partial charge in [0.1, 0.15) is 0 Å². The third kappa shape index (κ3) is 7.21. The predicted octanol–water partition coefficient (Wildman–Crippen LogP) is 8.86. The van der Waals surface area contributed by atoms with Gasteiger partial charge in [-0.15, -0.1) is 0 Å². The van der Waals surface area contributed by atoms with Gasteiger partial charge in [-0.25, -0.2) is 0 Å². The predicted molar refractivity (Wildman–Crippen MR) is 148 cm³/mol. The van der Waals surface area contributed by atoms with E-state index in [2.05, 4.69) is 18.8 Å². The van der Waals surface area contributed by atoms with Crippen molar-refractivity contribution >= 4 is 56.5 Å². The molecular formula is C30H22Cl2CoN2O2+2. The summed E-state index contributed by atoms with van der Waals surface area (Å²) in [7, 11) is 0. The van der Waals surface area contributed by atoms with Crippen LogP contribution in [0.5, 0.6) is 0 Å². The van der Waals surface area contributed by atoms with Gasteiger partial charge in [0.15, 0.2) is 0 Å². The normalized spacial score (nSPS) is 11.6. The second kappa shape index (κ2) is 12.6. The zero-order valence-electron chi connectivity index (χ0n) is 19.4. The minimum atomic E-state index is 0. The molecule has 2 aromatic heterocycles. The maximum absolute atomic E-state index is 5.84. The van der Waals surface area contributed by atoms with E-state index in [1.54, 1.807) is 0 Å². The van der Waals surface area contributed by atoms with Crippen LogP contribution in [0, 0.1) is 0 Å². The number of rotatable bonds is 2. The van der Waals surface area contributed by atoms with Crippen LogP contribution < -0.4 is 11.1 Å². The summed E-state index contributed by atoms with van der Waals surface area (Å²) in [5.74, 6) is 0. The molecule has 0 saturated heterocycles. The van der Waals surface area contributed by atoms with Crippen molar-refractivity contribution in [1.82, 2.24) is 0 Å². The minimum absolute atomic E-state index is 0. The van der Waals surface area contributed by atoms with Gasteiger partial charge in [0.05, 0.1) is 34.3 Å². The van der Waals surface area contributed by atoms with Crippen molar-refractivity contribution in [3.8, 4) is 0 Å². The molecule has 37 heavy (non-hydrogen) atoms. The number of halogens is 2. The van der Waals surface area contributed by atoms with Crippen molar-refractivity contribution in [3.63, 3.8) is 0 Å². The molecule has 0 spiro atoms. The number of hydrogen-bond acceptors (Lipinski definition) is 2. The Bertz CT molecular complexity index is 1630. The molecule has 0 aliphatic carbocycles. The Morgan fingerprint density at radius 1 is 0.432 bits per heavy atom. The molecule has 4 aromatic carbocycles. The molecule has 6 aromatic rings. The molecular weight excluding hydrogens is 550 g/mol. The van der Waals surface area contributed by atoms with Crippen LogP contribution in [-0.2, 0) is 16.8 Å². The molecule has 2 N–H and O–H groups in total. The molecule has 0 amide bonds. The average molecular weight is 572 g/mol. The zero-order chi connectivity index (χ0) is 24.7. The van der Waals surface area contributed by atoms with Gasteiger partial charge in [-0.2, -0.15) is 9.98 Å². The van der Waals surface area contributed by atoms with Crippen LogP contribution in [0.15, 0.2) is 140 Å². The van der Waals surface area contributed by atoms with Gasteiger partial charge >= 0.3 is 11.1 Å². The molecule has 0 aliphatic rings. The van der Waals surface area contributed by atoms with Crippen molar-refractivity contribution in [2.45, 2.75) is 0 Å². The molecule has 0 unspecified atom stereocenters. The summed E-state index contributed by atoms with van der Waals surface area (Å²) in [6, 6.07) is 38.6. The number of fused-ring (bicyclic) bond motifs is 2. The molecule has 0 fully saturated rings. The molecule has 7 heteroatoms. The van der Waals surface area contributed by atoms with E-state index < -0.39 is 0 Å². The molecule has 4 nitrogen and oxygen atoms in total. The van der Waals surface area contributed by atoms with Crippen molar-refractivity contribution in [1.29, 1.82) is 0 Å². The second-order valence-electron chi connectivity index (χ2n) is 7.90.